The Labute approximate surface area is 108 Å². The third-order valence-electron chi connectivity index (χ3n) is 2.26. The molecule has 3 nitrogen and oxygen atoms in total. The predicted octanol–water partition coefficient (Wildman–Crippen LogP) is 3.22. The average Bonchev–Trinajstić information content (AvgIpc) is 2.33. The van der Waals surface area contributed by atoms with Gasteiger partial charge in [-0.2, -0.15) is 10.5 Å². The van der Waals surface area contributed by atoms with Crippen LogP contribution in [0.15, 0.2) is 22.7 Å². The molecule has 0 bridgehead atoms. The molecule has 0 radical (unpaired) electrons. The van der Waals surface area contributed by atoms with E-state index in [1.807, 2.05) is 17.0 Å². The maximum atomic E-state index is 13.4. The van der Waals surface area contributed by atoms with Crippen molar-refractivity contribution in [1.29, 1.82) is 10.5 Å². The number of benzene rings is 1. The summed E-state index contributed by atoms with van der Waals surface area (Å²) in [5.41, 5.74) is 0.691. The van der Waals surface area contributed by atoms with E-state index < -0.39 is 0 Å². The van der Waals surface area contributed by atoms with Crippen LogP contribution in [0.1, 0.15) is 12.8 Å². The Morgan fingerprint density at radius 1 is 1.18 bits per heavy atom. The van der Waals surface area contributed by atoms with Crippen LogP contribution in [0.2, 0.25) is 0 Å². The Bertz CT molecular complexity index is 444. The summed E-state index contributed by atoms with van der Waals surface area (Å²) in [6.45, 7) is 0.999. The summed E-state index contributed by atoms with van der Waals surface area (Å²) in [7, 11) is 0. The molecule has 5 heteroatoms. The zero-order valence-electron chi connectivity index (χ0n) is 9.16. The Kier molecular flexibility index (Phi) is 5.45. The monoisotopic (exact) mass is 295 g/mol. The number of hydrogen-bond donors (Lipinski definition) is 0. The lowest BCUT2D eigenvalue weighted by Crippen LogP contribution is -2.25. The highest BCUT2D eigenvalue weighted by Crippen LogP contribution is 2.22. The van der Waals surface area contributed by atoms with Crippen molar-refractivity contribution >= 4 is 21.6 Å². The van der Waals surface area contributed by atoms with Crippen LogP contribution in [-0.2, 0) is 0 Å². The number of nitrogens with zero attached hydrogens (tertiary/aromatic N) is 3. The fraction of sp³-hybridized carbons (Fsp3) is 0.333. The summed E-state index contributed by atoms with van der Waals surface area (Å²) >= 11 is 3.09. The van der Waals surface area contributed by atoms with E-state index in [-0.39, 0.29) is 5.82 Å². The van der Waals surface area contributed by atoms with Gasteiger partial charge in [0.15, 0.2) is 0 Å². The third kappa shape index (κ3) is 4.05. The Morgan fingerprint density at radius 2 is 1.76 bits per heavy atom. The summed E-state index contributed by atoms with van der Waals surface area (Å²) in [5, 5.41) is 17.1. The molecule has 0 atom stereocenters. The normalized spacial score (nSPS) is 9.41. The standard InChI is InChI=1S/C12H11BrFN3/c13-11-4-3-10(9-12(11)14)17(7-1-5-15)8-2-6-16/h3-4,9H,1-2,7-8H2. The van der Waals surface area contributed by atoms with E-state index in [2.05, 4.69) is 15.9 Å². The molecule has 0 aliphatic carbocycles. The topological polar surface area (TPSA) is 50.8 Å². The molecule has 1 aromatic rings. The SMILES string of the molecule is N#CCCN(CCC#N)c1ccc(Br)c(F)c1. The van der Waals surface area contributed by atoms with E-state index in [1.165, 1.54) is 6.07 Å². The van der Waals surface area contributed by atoms with Gasteiger partial charge in [0.25, 0.3) is 0 Å². The van der Waals surface area contributed by atoms with Gasteiger partial charge in [-0.25, -0.2) is 4.39 Å². The van der Waals surface area contributed by atoms with E-state index in [4.69, 9.17) is 10.5 Å². The molecular weight excluding hydrogens is 285 g/mol. The molecule has 0 saturated heterocycles. The lowest BCUT2D eigenvalue weighted by molar-refractivity contribution is 0.619. The second-order valence-electron chi connectivity index (χ2n) is 3.40. The van der Waals surface area contributed by atoms with Crippen molar-refractivity contribution in [1.82, 2.24) is 0 Å². The lowest BCUT2D eigenvalue weighted by Gasteiger charge is -2.22. The fourth-order valence-corrected chi connectivity index (χ4v) is 1.67. The molecular formula is C12H11BrFN3. The van der Waals surface area contributed by atoms with Crippen molar-refractivity contribution in [2.75, 3.05) is 18.0 Å². The van der Waals surface area contributed by atoms with Gasteiger partial charge in [-0.1, -0.05) is 0 Å². The fourth-order valence-electron chi connectivity index (χ4n) is 1.42. The zero-order valence-corrected chi connectivity index (χ0v) is 10.7. The molecule has 0 saturated carbocycles. The number of rotatable bonds is 5. The van der Waals surface area contributed by atoms with E-state index in [1.54, 1.807) is 12.1 Å². The van der Waals surface area contributed by atoms with Crippen molar-refractivity contribution in [3.8, 4) is 12.1 Å². The van der Waals surface area contributed by atoms with Crippen molar-refractivity contribution in [2.45, 2.75) is 12.8 Å². The summed E-state index contributed by atoms with van der Waals surface area (Å²) < 4.78 is 13.8. The molecule has 0 amide bonds. The first-order chi connectivity index (χ1) is 8.19. The highest BCUT2D eigenvalue weighted by Gasteiger charge is 2.08. The van der Waals surface area contributed by atoms with Gasteiger partial charge in [0.1, 0.15) is 5.82 Å². The molecule has 0 N–H and O–H groups in total. The summed E-state index contributed by atoms with van der Waals surface area (Å²) in [6, 6.07) is 8.87. The molecule has 0 fully saturated rings. The van der Waals surface area contributed by atoms with Crippen molar-refractivity contribution in [3.05, 3.63) is 28.5 Å². The van der Waals surface area contributed by atoms with Crippen molar-refractivity contribution < 1.29 is 4.39 Å². The highest BCUT2D eigenvalue weighted by molar-refractivity contribution is 9.10. The van der Waals surface area contributed by atoms with Gasteiger partial charge < -0.3 is 4.90 Å². The van der Waals surface area contributed by atoms with Gasteiger partial charge in [-0.3, -0.25) is 0 Å². The molecule has 0 aliphatic rings. The number of anilines is 1. The molecule has 0 aromatic heterocycles. The second kappa shape index (κ2) is 6.88. The first-order valence-electron chi connectivity index (χ1n) is 5.13. The van der Waals surface area contributed by atoms with E-state index in [0.29, 0.717) is 36.1 Å². The van der Waals surface area contributed by atoms with Crippen LogP contribution in [0.5, 0.6) is 0 Å². The van der Waals surface area contributed by atoms with Gasteiger partial charge >= 0.3 is 0 Å². The second-order valence-corrected chi connectivity index (χ2v) is 4.26. The largest absolute Gasteiger partial charge is 0.369 e. The Morgan fingerprint density at radius 3 is 2.24 bits per heavy atom. The lowest BCUT2D eigenvalue weighted by atomic mass is 10.2. The van der Waals surface area contributed by atoms with Gasteiger partial charge in [0, 0.05) is 18.8 Å². The van der Waals surface area contributed by atoms with Crippen LogP contribution < -0.4 is 4.90 Å². The Hall–Kier alpha value is -1.59. The summed E-state index contributed by atoms with van der Waals surface area (Å²) in [5.74, 6) is -0.346. The molecule has 17 heavy (non-hydrogen) atoms. The molecule has 0 spiro atoms. The highest BCUT2D eigenvalue weighted by atomic mass is 79.9. The summed E-state index contributed by atoms with van der Waals surface area (Å²) in [6.07, 6.45) is 0.701. The maximum Gasteiger partial charge on any atom is 0.139 e. The molecule has 1 rings (SSSR count). The quantitative estimate of drug-likeness (QED) is 0.838. The molecule has 0 heterocycles. The molecule has 88 valence electrons. The van der Waals surface area contributed by atoms with Crippen LogP contribution in [0.4, 0.5) is 10.1 Å². The van der Waals surface area contributed by atoms with Gasteiger partial charge in [-0.05, 0) is 34.1 Å². The van der Waals surface area contributed by atoms with E-state index in [0.717, 1.165) is 0 Å². The van der Waals surface area contributed by atoms with E-state index in [9.17, 15) is 4.39 Å². The van der Waals surface area contributed by atoms with Crippen LogP contribution in [-0.4, -0.2) is 13.1 Å². The van der Waals surface area contributed by atoms with E-state index >= 15 is 0 Å². The maximum absolute atomic E-state index is 13.4. The zero-order chi connectivity index (χ0) is 12.7. The van der Waals surface area contributed by atoms with Crippen LogP contribution in [0.3, 0.4) is 0 Å². The van der Waals surface area contributed by atoms with Crippen molar-refractivity contribution in [2.24, 2.45) is 0 Å². The average molecular weight is 296 g/mol. The number of nitriles is 2. The number of halogens is 2. The minimum Gasteiger partial charge on any atom is -0.369 e. The van der Waals surface area contributed by atoms with Gasteiger partial charge in [0.05, 0.1) is 29.5 Å². The molecule has 1 aromatic carbocycles. The first kappa shape index (κ1) is 13.5. The molecule has 0 aliphatic heterocycles. The van der Waals surface area contributed by atoms with Crippen molar-refractivity contribution in [3.63, 3.8) is 0 Å². The van der Waals surface area contributed by atoms with Crippen LogP contribution in [0, 0.1) is 28.5 Å². The molecule has 0 unspecified atom stereocenters. The predicted molar refractivity (Wildman–Crippen MR) is 66.8 cm³/mol. The minimum absolute atomic E-state index is 0.346. The van der Waals surface area contributed by atoms with Crippen LogP contribution in [0.25, 0.3) is 0 Å². The third-order valence-corrected chi connectivity index (χ3v) is 2.90. The summed E-state index contributed by atoms with van der Waals surface area (Å²) in [4.78, 5) is 1.84. The van der Waals surface area contributed by atoms with Crippen LogP contribution >= 0.6 is 15.9 Å². The van der Waals surface area contributed by atoms with Gasteiger partial charge in [-0.15, -0.1) is 0 Å². The number of hydrogen-bond acceptors (Lipinski definition) is 3. The first-order valence-corrected chi connectivity index (χ1v) is 5.92. The Balaban J connectivity index is 2.84. The smallest absolute Gasteiger partial charge is 0.139 e. The minimum atomic E-state index is -0.346. The van der Waals surface area contributed by atoms with Gasteiger partial charge in [0.2, 0.25) is 0 Å².